The molecule has 1 aromatic carbocycles. The van der Waals surface area contributed by atoms with Crippen LogP contribution in [-0.2, 0) is 16.1 Å². The van der Waals surface area contributed by atoms with Gasteiger partial charge >= 0.3 is 5.97 Å². The minimum absolute atomic E-state index is 0.00496. The van der Waals surface area contributed by atoms with Gasteiger partial charge in [0.2, 0.25) is 0 Å². The van der Waals surface area contributed by atoms with Gasteiger partial charge in [0.05, 0.1) is 26.2 Å². The number of methoxy groups -OCH3 is 1. The fourth-order valence-electron chi connectivity index (χ4n) is 3.20. The fourth-order valence-corrected chi connectivity index (χ4v) is 3.20. The first kappa shape index (κ1) is 20.9. The van der Waals surface area contributed by atoms with Crippen molar-refractivity contribution in [1.29, 1.82) is 0 Å². The van der Waals surface area contributed by atoms with Crippen LogP contribution in [0.15, 0.2) is 23.2 Å². The van der Waals surface area contributed by atoms with Crippen molar-refractivity contribution < 1.29 is 19.0 Å². The number of hydrogen-bond acceptors (Lipinski definition) is 5. The van der Waals surface area contributed by atoms with E-state index in [4.69, 9.17) is 14.2 Å². The summed E-state index contributed by atoms with van der Waals surface area (Å²) in [6.45, 7) is 7.03. The lowest BCUT2D eigenvalue weighted by Crippen LogP contribution is -2.46. The molecule has 0 amide bonds. The Labute approximate surface area is 161 Å². The lowest BCUT2D eigenvalue weighted by molar-refractivity contribution is -0.149. The van der Waals surface area contributed by atoms with Crippen LogP contribution in [0.2, 0.25) is 0 Å². The highest BCUT2D eigenvalue weighted by Crippen LogP contribution is 2.28. The number of rotatable bonds is 7. The maximum absolute atomic E-state index is 11.9. The van der Waals surface area contributed by atoms with Crippen molar-refractivity contribution in [3.63, 3.8) is 0 Å². The van der Waals surface area contributed by atoms with E-state index in [1.54, 1.807) is 14.2 Å². The zero-order valence-corrected chi connectivity index (χ0v) is 16.8. The lowest BCUT2D eigenvalue weighted by atomic mass is 9.97. The molecular weight excluding hydrogens is 346 g/mol. The minimum Gasteiger partial charge on any atom is -0.493 e. The normalized spacial score (nSPS) is 15.4. The number of benzene rings is 1. The molecule has 0 aromatic heterocycles. The molecule has 1 aliphatic rings. The average molecular weight is 377 g/mol. The first-order chi connectivity index (χ1) is 13.1. The largest absolute Gasteiger partial charge is 0.493 e. The van der Waals surface area contributed by atoms with Gasteiger partial charge < -0.3 is 24.4 Å². The summed E-state index contributed by atoms with van der Waals surface area (Å²) in [5, 5.41) is 3.39. The second-order valence-corrected chi connectivity index (χ2v) is 6.33. The van der Waals surface area contributed by atoms with Crippen LogP contribution in [0.25, 0.3) is 0 Å². The smallest absolute Gasteiger partial charge is 0.309 e. The van der Waals surface area contributed by atoms with Gasteiger partial charge in [-0.15, -0.1) is 0 Å². The SMILES string of the molecule is CCOC(=O)C1CCN(C(=NC)NCc2ccc(OC)c(OCC)c2)CC1. The number of carbonyl (C=O) groups excluding carboxylic acids is 1. The van der Waals surface area contributed by atoms with E-state index in [0.717, 1.165) is 49.0 Å². The van der Waals surface area contributed by atoms with Crippen molar-refractivity contribution in [3.8, 4) is 11.5 Å². The van der Waals surface area contributed by atoms with Gasteiger partial charge in [-0.25, -0.2) is 0 Å². The molecule has 7 nitrogen and oxygen atoms in total. The topological polar surface area (TPSA) is 72.4 Å². The van der Waals surface area contributed by atoms with Crippen LogP contribution in [0.3, 0.4) is 0 Å². The Hall–Kier alpha value is -2.44. The number of aliphatic imine (C=N–C) groups is 1. The zero-order valence-electron chi connectivity index (χ0n) is 16.8. The summed E-state index contributed by atoms with van der Waals surface area (Å²) in [7, 11) is 3.41. The van der Waals surface area contributed by atoms with E-state index in [2.05, 4.69) is 15.2 Å². The quantitative estimate of drug-likeness (QED) is 0.447. The van der Waals surface area contributed by atoms with Crippen molar-refractivity contribution in [1.82, 2.24) is 10.2 Å². The van der Waals surface area contributed by atoms with Gasteiger partial charge in [-0.05, 0) is 44.4 Å². The Morgan fingerprint density at radius 2 is 1.96 bits per heavy atom. The Bertz CT molecular complexity index is 640. The highest BCUT2D eigenvalue weighted by molar-refractivity contribution is 5.80. The fraction of sp³-hybridized carbons (Fsp3) is 0.600. The van der Waals surface area contributed by atoms with E-state index >= 15 is 0 Å². The summed E-state index contributed by atoms with van der Waals surface area (Å²) in [6.07, 6.45) is 1.58. The maximum atomic E-state index is 11.9. The van der Waals surface area contributed by atoms with Crippen molar-refractivity contribution in [2.24, 2.45) is 10.9 Å². The predicted molar refractivity (Wildman–Crippen MR) is 105 cm³/mol. The number of ether oxygens (including phenoxy) is 3. The number of nitrogens with one attached hydrogen (secondary N) is 1. The molecule has 7 heteroatoms. The first-order valence-electron chi connectivity index (χ1n) is 9.54. The summed E-state index contributed by atoms with van der Waals surface area (Å²) in [5.41, 5.74) is 1.09. The van der Waals surface area contributed by atoms with Crippen LogP contribution in [0, 0.1) is 5.92 Å². The van der Waals surface area contributed by atoms with Gasteiger partial charge in [-0.1, -0.05) is 6.07 Å². The van der Waals surface area contributed by atoms with Gasteiger partial charge in [-0.2, -0.15) is 0 Å². The third kappa shape index (κ3) is 5.77. The molecule has 0 bridgehead atoms. The number of esters is 1. The van der Waals surface area contributed by atoms with E-state index < -0.39 is 0 Å². The second-order valence-electron chi connectivity index (χ2n) is 6.33. The Morgan fingerprint density at radius 3 is 2.56 bits per heavy atom. The standard InChI is InChI=1S/C20H31N3O4/c1-5-26-18-13-15(7-8-17(18)25-4)14-22-20(21-3)23-11-9-16(10-12-23)19(24)27-6-2/h7-8,13,16H,5-6,9-12,14H2,1-4H3,(H,21,22). The van der Waals surface area contributed by atoms with Crippen LogP contribution in [0.1, 0.15) is 32.3 Å². The molecule has 150 valence electrons. The maximum Gasteiger partial charge on any atom is 0.309 e. The van der Waals surface area contributed by atoms with E-state index in [1.165, 1.54) is 0 Å². The van der Waals surface area contributed by atoms with Crippen molar-refractivity contribution in [2.75, 3.05) is 40.5 Å². The Morgan fingerprint density at radius 1 is 1.22 bits per heavy atom. The average Bonchev–Trinajstić information content (AvgIpc) is 2.69. The summed E-state index contributed by atoms with van der Waals surface area (Å²) in [4.78, 5) is 18.5. The van der Waals surface area contributed by atoms with Crippen LogP contribution in [-0.4, -0.2) is 57.3 Å². The third-order valence-electron chi connectivity index (χ3n) is 4.60. The van der Waals surface area contributed by atoms with Crippen LogP contribution in [0.5, 0.6) is 11.5 Å². The monoisotopic (exact) mass is 377 g/mol. The van der Waals surface area contributed by atoms with Crippen molar-refractivity contribution in [2.45, 2.75) is 33.2 Å². The predicted octanol–water partition coefficient (Wildman–Crippen LogP) is 2.44. The number of nitrogens with zero attached hydrogens (tertiary/aromatic N) is 2. The first-order valence-corrected chi connectivity index (χ1v) is 9.54. The zero-order chi connectivity index (χ0) is 19.6. The van der Waals surface area contributed by atoms with E-state index in [1.807, 2.05) is 32.0 Å². The number of carbonyl (C=O) groups is 1. The molecule has 0 atom stereocenters. The van der Waals surface area contributed by atoms with Gasteiger partial charge in [0.1, 0.15) is 0 Å². The van der Waals surface area contributed by atoms with Crippen molar-refractivity contribution >= 4 is 11.9 Å². The molecule has 2 rings (SSSR count). The Kier molecular flexibility index (Phi) is 8.23. The Balaban J connectivity index is 1.91. The molecule has 1 N–H and O–H groups in total. The van der Waals surface area contributed by atoms with Gasteiger partial charge in [0.25, 0.3) is 0 Å². The molecule has 0 radical (unpaired) electrons. The molecule has 1 heterocycles. The number of likely N-dealkylation sites (tertiary alicyclic amines) is 1. The van der Waals surface area contributed by atoms with Crippen LogP contribution >= 0.6 is 0 Å². The highest BCUT2D eigenvalue weighted by Gasteiger charge is 2.27. The summed E-state index contributed by atoms with van der Waals surface area (Å²) >= 11 is 0. The molecule has 1 fully saturated rings. The third-order valence-corrected chi connectivity index (χ3v) is 4.60. The van der Waals surface area contributed by atoms with E-state index in [0.29, 0.717) is 19.8 Å². The van der Waals surface area contributed by atoms with Gasteiger partial charge in [-0.3, -0.25) is 9.79 Å². The second kappa shape index (κ2) is 10.6. The molecule has 27 heavy (non-hydrogen) atoms. The molecule has 1 saturated heterocycles. The van der Waals surface area contributed by atoms with Crippen LogP contribution in [0.4, 0.5) is 0 Å². The molecule has 0 spiro atoms. The minimum atomic E-state index is -0.0817. The summed E-state index contributed by atoms with van der Waals surface area (Å²) < 4.78 is 16.1. The van der Waals surface area contributed by atoms with E-state index in [-0.39, 0.29) is 11.9 Å². The molecule has 0 aliphatic carbocycles. The van der Waals surface area contributed by atoms with E-state index in [9.17, 15) is 4.79 Å². The number of guanidine groups is 1. The van der Waals surface area contributed by atoms with Gasteiger partial charge in [0, 0.05) is 26.7 Å². The summed E-state index contributed by atoms with van der Waals surface area (Å²) in [6, 6.07) is 5.90. The molecular formula is C20H31N3O4. The number of piperidine rings is 1. The highest BCUT2D eigenvalue weighted by atomic mass is 16.5. The van der Waals surface area contributed by atoms with Crippen molar-refractivity contribution in [3.05, 3.63) is 23.8 Å². The molecule has 1 aliphatic heterocycles. The molecule has 0 unspecified atom stereocenters. The number of hydrogen-bond donors (Lipinski definition) is 1. The van der Waals surface area contributed by atoms with Gasteiger partial charge in [0.15, 0.2) is 17.5 Å². The summed E-state index contributed by atoms with van der Waals surface area (Å²) in [5.74, 6) is 2.22. The van der Waals surface area contributed by atoms with Crippen LogP contribution < -0.4 is 14.8 Å². The molecule has 0 saturated carbocycles. The lowest BCUT2D eigenvalue weighted by Gasteiger charge is -2.33. The molecule has 1 aromatic rings.